The zero-order valence-electron chi connectivity index (χ0n) is 10.1. The molecule has 0 aromatic heterocycles. The first kappa shape index (κ1) is 14.1. The minimum Gasteiger partial charge on any atom is -0.309 e. The highest BCUT2D eigenvalue weighted by molar-refractivity contribution is 9.10. The average molecular weight is 330 g/mol. The monoisotopic (exact) mass is 329 g/mol. The molecule has 0 spiro atoms. The molecule has 0 fully saturated rings. The van der Waals surface area contributed by atoms with Gasteiger partial charge in [0.2, 0.25) is 0 Å². The van der Waals surface area contributed by atoms with Gasteiger partial charge in [-0.1, -0.05) is 24.3 Å². The second-order valence-electron chi connectivity index (χ2n) is 4.01. The molecule has 1 unspecified atom stereocenters. The van der Waals surface area contributed by atoms with E-state index in [-0.39, 0.29) is 15.6 Å². The number of hydrogen-bond donors (Lipinski definition) is 1. The van der Waals surface area contributed by atoms with Gasteiger partial charge in [-0.3, -0.25) is 0 Å². The second kappa shape index (κ2) is 5.75. The molecule has 0 aliphatic rings. The summed E-state index contributed by atoms with van der Waals surface area (Å²) in [5, 5.41) is 2.80. The van der Waals surface area contributed by atoms with Crippen LogP contribution in [0.15, 0.2) is 40.9 Å². The van der Waals surface area contributed by atoms with Crippen molar-refractivity contribution in [2.75, 3.05) is 7.05 Å². The Labute approximate surface area is 117 Å². The van der Waals surface area contributed by atoms with E-state index in [1.807, 2.05) is 0 Å². The molecule has 0 aliphatic heterocycles. The third kappa shape index (κ3) is 2.67. The fourth-order valence-electron chi connectivity index (χ4n) is 1.97. The molecule has 0 saturated heterocycles. The molecule has 2 aromatic rings. The van der Waals surface area contributed by atoms with Crippen LogP contribution in [0.5, 0.6) is 0 Å². The largest absolute Gasteiger partial charge is 0.309 e. The third-order valence-corrected chi connectivity index (χ3v) is 3.49. The fraction of sp³-hybridized carbons (Fsp3) is 0.143. The molecule has 0 bridgehead atoms. The Bertz CT molecular complexity index is 550. The van der Waals surface area contributed by atoms with Crippen LogP contribution in [-0.2, 0) is 0 Å². The highest BCUT2D eigenvalue weighted by Crippen LogP contribution is 2.30. The maximum atomic E-state index is 14.1. The van der Waals surface area contributed by atoms with E-state index < -0.39 is 23.5 Å². The van der Waals surface area contributed by atoms with Gasteiger partial charge in [0, 0.05) is 11.1 Å². The number of benzene rings is 2. The van der Waals surface area contributed by atoms with Crippen LogP contribution in [0.1, 0.15) is 17.2 Å². The third-order valence-electron chi connectivity index (χ3n) is 2.87. The predicted octanol–water partition coefficient (Wildman–Crippen LogP) is 4.18. The van der Waals surface area contributed by atoms with Crippen molar-refractivity contribution >= 4 is 15.9 Å². The van der Waals surface area contributed by atoms with Crippen molar-refractivity contribution in [2.45, 2.75) is 6.04 Å². The molecular weight excluding hydrogens is 319 g/mol. The molecule has 2 aromatic carbocycles. The molecule has 0 saturated carbocycles. The fourth-order valence-corrected chi connectivity index (χ4v) is 2.35. The highest BCUT2D eigenvalue weighted by atomic mass is 79.9. The molecule has 0 radical (unpaired) electrons. The van der Waals surface area contributed by atoms with Gasteiger partial charge in [-0.15, -0.1) is 0 Å². The summed E-state index contributed by atoms with van der Waals surface area (Å²) in [6.45, 7) is 0. The van der Waals surface area contributed by atoms with E-state index in [1.165, 1.54) is 18.2 Å². The number of rotatable bonds is 3. The van der Waals surface area contributed by atoms with Crippen LogP contribution in [0.3, 0.4) is 0 Å². The van der Waals surface area contributed by atoms with E-state index in [4.69, 9.17) is 0 Å². The Balaban J connectivity index is 2.57. The molecule has 19 heavy (non-hydrogen) atoms. The Morgan fingerprint density at radius 3 is 2.16 bits per heavy atom. The summed E-state index contributed by atoms with van der Waals surface area (Å²) in [6.07, 6.45) is 0. The summed E-state index contributed by atoms with van der Waals surface area (Å²) in [6, 6.07) is 7.83. The Morgan fingerprint density at radius 2 is 1.53 bits per heavy atom. The average Bonchev–Trinajstić information content (AvgIpc) is 2.40. The molecular formula is C14H11BrF3N. The number of nitrogens with one attached hydrogen (secondary N) is 1. The van der Waals surface area contributed by atoms with E-state index in [0.29, 0.717) is 0 Å². The summed E-state index contributed by atoms with van der Waals surface area (Å²) < 4.78 is 41.4. The van der Waals surface area contributed by atoms with Crippen LogP contribution in [-0.4, -0.2) is 7.05 Å². The Morgan fingerprint density at radius 1 is 0.947 bits per heavy atom. The first-order valence-electron chi connectivity index (χ1n) is 5.61. The van der Waals surface area contributed by atoms with E-state index in [0.717, 1.165) is 6.07 Å². The zero-order valence-corrected chi connectivity index (χ0v) is 11.6. The molecule has 0 amide bonds. The lowest BCUT2D eigenvalue weighted by Gasteiger charge is -2.19. The van der Waals surface area contributed by atoms with Crippen molar-refractivity contribution in [2.24, 2.45) is 0 Å². The van der Waals surface area contributed by atoms with Crippen molar-refractivity contribution in [3.63, 3.8) is 0 Å². The predicted molar refractivity (Wildman–Crippen MR) is 71.4 cm³/mol. The van der Waals surface area contributed by atoms with Crippen LogP contribution in [0.4, 0.5) is 13.2 Å². The van der Waals surface area contributed by atoms with Gasteiger partial charge in [0.15, 0.2) is 11.6 Å². The van der Waals surface area contributed by atoms with Crippen LogP contribution < -0.4 is 5.32 Å². The van der Waals surface area contributed by atoms with Crippen molar-refractivity contribution in [3.8, 4) is 0 Å². The first-order valence-corrected chi connectivity index (χ1v) is 6.40. The molecule has 0 aliphatic carbocycles. The van der Waals surface area contributed by atoms with Gasteiger partial charge in [0.25, 0.3) is 0 Å². The summed E-state index contributed by atoms with van der Waals surface area (Å²) in [4.78, 5) is 0. The first-order chi connectivity index (χ1) is 9.06. The van der Waals surface area contributed by atoms with E-state index in [9.17, 15) is 13.2 Å². The van der Waals surface area contributed by atoms with Crippen LogP contribution in [0, 0.1) is 17.5 Å². The minimum atomic E-state index is -0.971. The molecule has 1 atom stereocenters. The summed E-state index contributed by atoms with van der Waals surface area (Å²) in [5.74, 6) is -2.42. The topological polar surface area (TPSA) is 12.0 Å². The molecule has 100 valence electrons. The second-order valence-corrected chi connectivity index (χ2v) is 4.86. The van der Waals surface area contributed by atoms with Gasteiger partial charge in [0.1, 0.15) is 5.82 Å². The minimum absolute atomic E-state index is 0.0690. The summed E-state index contributed by atoms with van der Waals surface area (Å²) in [5.41, 5.74) is 0.320. The molecule has 5 heteroatoms. The molecule has 1 N–H and O–H groups in total. The lowest BCUT2D eigenvalue weighted by molar-refractivity contribution is 0.482. The number of hydrogen-bond acceptors (Lipinski definition) is 1. The normalized spacial score (nSPS) is 12.5. The zero-order chi connectivity index (χ0) is 14.0. The van der Waals surface area contributed by atoms with Crippen LogP contribution in [0.2, 0.25) is 0 Å². The molecule has 1 nitrogen and oxygen atoms in total. The van der Waals surface area contributed by atoms with E-state index in [2.05, 4.69) is 21.2 Å². The Hall–Kier alpha value is -1.33. The van der Waals surface area contributed by atoms with Crippen LogP contribution >= 0.6 is 15.9 Å². The van der Waals surface area contributed by atoms with Gasteiger partial charge >= 0.3 is 0 Å². The van der Waals surface area contributed by atoms with Crippen LogP contribution in [0.25, 0.3) is 0 Å². The smallest absolute Gasteiger partial charge is 0.163 e. The maximum absolute atomic E-state index is 14.1. The van der Waals surface area contributed by atoms with E-state index >= 15 is 0 Å². The van der Waals surface area contributed by atoms with Crippen molar-refractivity contribution in [1.82, 2.24) is 5.32 Å². The Kier molecular flexibility index (Phi) is 4.27. The van der Waals surface area contributed by atoms with Gasteiger partial charge in [-0.05, 0) is 35.1 Å². The van der Waals surface area contributed by atoms with Gasteiger partial charge < -0.3 is 5.32 Å². The summed E-state index contributed by atoms with van der Waals surface area (Å²) >= 11 is 3.08. The van der Waals surface area contributed by atoms with Gasteiger partial charge in [0.05, 0.1) is 10.5 Å². The molecule has 0 heterocycles. The lowest BCUT2D eigenvalue weighted by atomic mass is 9.98. The quantitative estimate of drug-likeness (QED) is 0.890. The van der Waals surface area contributed by atoms with Crippen molar-refractivity contribution in [1.29, 1.82) is 0 Å². The lowest BCUT2D eigenvalue weighted by Crippen LogP contribution is -2.20. The highest BCUT2D eigenvalue weighted by Gasteiger charge is 2.22. The maximum Gasteiger partial charge on any atom is 0.163 e. The summed E-state index contributed by atoms with van der Waals surface area (Å²) in [7, 11) is 1.56. The number of halogens is 4. The van der Waals surface area contributed by atoms with E-state index in [1.54, 1.807) is 19.2 Å². The SMILES string of the molecule is CNC(c1cccc(F)c1F)c1cccc(Br)c1F. The standard InChI is InChI=1S/C14H11BrF3N/c1-19-14(8-4-2-6-10(15)12(8)17)9-5-3-7-11(16)13(9)18/h2-7,14,19H,1H3. The van der Waals surface area contributed by atoms with Crippen molar-refractivity contribution < 1.29 is 13.2 Å². The van der Waals surface area contributed by atoms with Gasteiger partial charge in [-0.25, -0.2) is 13.2 Å². The van der Waals surface area contributed by atoms with Crippen molar-refractivity contribution in [3.05, 3.63) is 69.4 Å². The molecule has 2 rings (SSSR count). The van der Waals surface area contributed by atoms with Gasteiger partial charge in [-0.2, -0.15) is 0 Å².